The predicted octanol–water partition coefficient (Wildman–Crippen LogP) is 5.16. The highest BCUT2D eigenvalue weighted by Gasteiger charge is 2.33. The molecule has 7 heteroatoms. The molecule has 0 spiro atoms. The first kappa shape index (κ1) is 17.5. The van der Waals surface area contributed by atoms with E-state index in [0.29, 0.717) is 16.7 Å². The number of H-pyrrole nitrogens is 1. The standard InChI is InChI=1S/C19H21ClN4OS/c1-11(2)16-15(23-19(20)26-16)18(25)24-10-6-5-9-14(24)17-21-12-7-3-4-8-13(12)22-17/h3-4,7-8,11,14H,5-6,9-10H2,1-2H3,(H,21,22). The van der Waals surface area contributed by atoms with E-state index in [-0.39, 0.29) is 17.9 Å². The lowest BCUT2D eigenvalue weighted by molar-refractivity contribution is 0.0594. The predicted molar refractivity (Wildman–Crippen MR) is 105 cm³/mol. The van der Waals surface area contributed by atoms with Gasteiger partial charge in [0.15, 0.2) is 4.47 Å². The Bertz CT molecular complexity index is 915. The SMILES string of the molecule is CC(C)c1sc(Cl)nc1C(=O)N1CCCCC1c1nc2ccccc2[nH]1. The van der Waals surface area contributed by atoms with Crippen molar-refractivity contribution in [2.45, 2.75) is 45.1 Å². The molecule has 1 amide bonds. The number of hydrogen-bond donors (Lipinski definition) is 1. The molecule has 1 aliphatic rings. The molecule has 0 aliphatic carbocycles. The van der Waals surface area contributed by atoms with E-state index < -0.39 is 0 Å². The summed E-state index contributed by atoms with van der Waals surface area (Å²) in [7, 11) is 0. The highest BCUT2D eigenvalue weighted by molar-refractivity contribution is 7.16. The number of nitrogens with one attached hydrogen (secondary N) is 1. The fraction of sp³-hybridized carbons (Fsp3) is 0.421. The number of aromatic nitrogens is 3. The van der Waals surface area contributed by atoms with Crippen LogP contribution in [0.25, 0.3) is 11.0 Å². The minimum Gasteiger partial charge on any atom is -0.340 e. The maximum Gasteiger partial charge on any atom is 0.274 e. The molecule has 1 aromatic carbocycles. The van der Waals surface area contributed by atoms with E-state index in [0.717, 1.165) is 41.0 Å². The normalized spacial score (nSPS) is 18.0. The van der Waals surface area contributed by atoms with Gasteiger partial charge in [0.1, 0.15) is 11.5 Å². The summed E-state index contributed by atoms with van der Waals surface area (Å²) in [5, 5.41) is 0. The molecule has 1 N–H and O–H groups in total. The van der Waals surface area contributed by atoms with Gasteiger partial charge in [0, 0.05) is 11.4 Å². The second-order valence-electron chi connectivity index (χ2n) is 6.98. The first-order valence-corrected chi connectivity index (χ1v) is 10.2. The fourth-order valence-electron chi connectivity index (χ4n) is 3.57. The summed E-state index contributed by atoms with van der Waals surface area (Å²) in [6.45, 7) is 4.84. The van der Waals surface area contributed by atoms with Gasteiger partial charge in [-0.2, -0.15) is 0 Å². The third kappa shape index (κ3) is 3.12. The van der Waals surface area contributed by atoms with Crippen LogP contribution in [0.1, 0.15) is 66.3 Å². The number of imidazole rings is 1. The van der Waals surface area contributed by atoms with Crippen molar-refractivity contribution in [1.82, 2.24) is 19.9 Å². The Labute approximate surface area is 161 Å². The summed E-state index contributed by atoms with van der Waals surface area (Å²) in [6, 6.07) is 7.91. The third-order valence-electron chi connectivity index (χ3n) is 4.84. The number of halogens is 1. The first-order valence-electron chi connectivity index (χ1n) is 8.96. The number of hydrogen-bond acceptors (Lipinski definition) is 4. The number of para-hydroxylation sites is 2. The molecular formula is C19H21ClN4OS. The summed E-state index contributed by atoms with van der Waals surface area (Å²) >= 11 is 7.52. The molecule has 4 rings (SSSR count). The molecule has 1 unspecified atom stereocenters. The summed E-state index contributed by atoms with van der Waals surface area (Å²) in [5.41, 5.74) is 2.43. The third-order valence-corrected chi connectivity index (χ3v) is 6.30. The van der Waals surface area contributed by atoms with Crippen LogP contribution in [-0.4, -0.2) is 32.3 Å². The number of fused-ring (bicyclic) bond motifs is 1. The van der Waals surface area contributed by atoms with Crippen molar-refractivity contribution < 1.29 is 4.79 Å². The smallest absolute Gasteiger partial charge is 0.274 e. The van der Waals surface area contributed by atoms with Gasteiger partial charge in [0.25, 0.3) is 5.91 Å². The van der Waals surface area contributed by atoms with Crippen molar-refractivity contribution in [1.29, 1.82) is 0 Å². The van der Waals surface area contributed by atoms with Crippen LogP contribution in [-0.2, 0) is 0 Å². The van der Waals surface area contributed by atoms with Crippen LogP contribution in [0.5, 0.6) is 0 Å². The van der Waals surface area contributed by atoms with E-state index in [1.165, 1.54) is 11.3 Å². The average Bonchev–Trinajstić information content (AvgIpc) is 3.24. The van der Waals surface area contributed by atoms with Crippen LogP contribution in [0.4, 0.5) is 0 Å². The molecule has 26 heavy (non-hydrogen) atoms. The van der Waals surface area contributed by atoms with E-state index in [9.17, 15) is 4.79 Å². The topological polar surface area (TPSA) is 61.9 Å². The van der Waals surface area contributed by atoms with Crippen LogP contribution in [0.15, 0.2) is 24.3 Å². The average molecular weight is 389 g/mol. The largest absolute Gasteiger partial charge is 0.340 e. The van der Waals surface area contributed by atoms with Gasteiger partial charge in [0.2, 0.25) is 0 Å². The molecule has 1 saturated heterocycles. The Morgan fingerprint density at radius 1 is 1.31 bits per heavy atom. The molecule has 1 atom stereocenters. The number of thiazole rings is 1. The van der Waals surface area contributed by atoms with Gasteiger partial charge in [0.05, 0.1) is 17.1 Å². The number of likely N-dealkylation sites (tertiary alicyclic amines) is 1. The molecule has 0 radical (unpaired) electrons. The molecule has 136 valence electrons. The zero-order valence-corrected chi connectivity index (χ0v) is 16.4. The Hall–Kier alpha value is -1.92. The van der Waals surface area contributed by atoms with Gasteiger partial charge in [-0.3, -0.25) is 4.79 Å². The quantitative estimate of drug-likeness (QED) is 0.673. The van der Waals surface area contributed by atoms with Crippen molar-refractivity contribution in [2.75, 3.05) is 6.54 Å². The number of benzene rings is 1. The molecule has 0 bridgehead atoms. The number of aromatic amines is 1. The second kappa shape index (κ2) is 7.00. The van der Waals surface area contributed by atoms with Gasteiger partial charge in [-0.25, -0.2) is 9.97 Å². The minimum absolute atomic E-state index is 0.0398. The Morgan fingerprint density at radius 3 is 2.88 bits per heavy atom. The van der Waals surface area contributed by atoms with E-state index >= 15 is 0 Å². The second-order valence-corrected chi connectivity index (χ2v) is 8.60. The minimum atomic E-state index is -0.0517. The van der Waals surface area contributed by atoms with Crippen molar-refractivity contribution in [3.05, 3.63) is 45.1 Å². The van der Waals surface area contributed by atoms with Gasteiger partial charge in [-0.1, -0.05) is 37.6 Å². The van der Waals surface area contributed by atoms with Crippen molar-refractivity contribution in [3.63, 3.8) is 0 Å². The van der Waals surface area contributed by atoms with Crippen molar-refractivity contribution in [3.8, 4) is 0 Å². The summed E-state index contributed by atoms with van der Waals surface area (Å²) in [6.07, 6.45) is 2.98. The number of carbonyl (C=O) groups excluding carboxylic acids is 1. The van der Waals surface area contributed by atoms with E-state index in [2.05, 4.69) is 23.8 Å². The summed E-state index contributed by atoms with van der Waals surface area (Å²) < 4.78 is 0.425. The summed E-state index contributed by atoms with van der Waals surface area (Å²) in [5.74, 6) is 1.03. The summed E-state index contributed by atoms with van der Waals surface area (Å²) in [4.78, 5) is 28.6. The molecule has 2 aromatic heterocycles. The zero-order valence-electron chi connectivity index (χ0n) is 14.8. The van der Waals surface area contributed by atoms with Crippen LogP contribution >= 0.6 is 22.9 Å². The van der Waals surface area contributed by atoms with E-state index in [1.54, 1.807) is 0 Å². The highest BCUT2D eigenvalue weighted by atomic mass is 35.5. The molecule has 5 nitrogen and oxygen atoms in total. The Balaban J connectivity index is 1.70. The van der Waals surface area contributed by atoms with Gasteiger partial charge < -0.3 is 9.88 Å². The van der Waals surface area contributed by atoms with Crippen LogP contribution < -0.4 is 0 Å². The van der Waals surface area contributed by atoms with Crippen LogP contribution in [0.2, 0.25) is 4.47 Å². The highest BCUT2D eigenvalue weighted by Crippen LogP contribution is 2.35. The first-order chi connectivity index (χ1) is 12.5. The fourth-order valence-corrected chi connectivity index (χ4v) is 4.69. The lowest BCUT2D eigenvalue weighted by Crippen LogP contribution is -2.39. The molecule has 1 fully saturated rings. The van der Waals surface area contributed by atoms with Gasteiger partial charge in [-0.05, 0) is 37.3 Å². The van der Waals surface area contributed by atoms with E-state index in [1.807, 2.05) is 29.2 Å². The van der Waals surface area contributed by atoms with Crippen molar-refractivity contribution in [2.24, 2.45) is 0 Å². The maximum atomic E-state index is 13.3. The Morgan fingerprint density at radius 2 is 2.12 bits per heavy atom. The Kier molecular flexibility index (Phi) is 4.71. The van der Waals surface area contributed by atoms with Crippen LogP contribution in [0, 0.1) is 0 Å². The zero-order chi connectivity index (χ0) is 18.3. The maximum absolute atomic E-state index is 13.3. The molecule has 3 aromatic rings. The van der Waals surface area contributed by atoms with Gasteiger partial charge >= 0.3 is 0 Å². The lowest BCUT2D eigenvalue weighted by Gasteiger charge is -2.34. The van der Waals surface area contributed by atoms with Crippen molar-refractivity contribution >= 4 is 39.9 Å². The van der Waals surface area contributed by atoms with Gasteiger partial charge in [-0.15, -0.1) is 11.3 Å². The number of nitrogens with zero attached hydrogens (tertiary/aromatic N) is 3. The molecule has 0 saturated carbocycles. The molecular weight excluding hydrogens is 368 g/mol. The monoisotopic (exact) mass is 388 g/mol. The lowest BCUT2D eigenvalue weighted by atomic mass is 10.0. The number of amides is 1. The molecule has 3 heterocycles. The van der Waals surface area contributed by atoms with Crippen LogP contribution in [0.3, 0.4) is 0 Å². The number of piperidine rings is 1. The van der Waals surface area contributed by atoms with E-state index in [4.69, 9.17) is 16.6 Å². The number of rotatable bonds is 3. The molecule has 1 aliphatic heterocycles. The number of carbonyl (C=O) groups is 1.